The molecule has 1 spiro atoms. The van der Waals surface area contributed by atoms with Gasteiger partial charge in [-0.3, -0.25) is 0 Å². The average molecular weight is 212 g/mol. The summed E-state index contributed by atoms with van der Waals surface area (Å²) < 4.78 is 0. The number of likely N-dealkylation sites (tertiary alicyclic amines) is 1. The van der Waals surface area contributed by atoms with Crippen LogP contribution in [0.15, 0.2) is 0 Å². The van der Waals surface area contributed by atoms with Crippen molar-refractivity contribution in [2.24, 2.45) is 0 Å². The van der Waals surface area contributed by atoms with E-state index in [0.29, 0.717) is 5.54 Å². The van der Waals surface area contributed by atoms with Crippen molar-refractivity contribution in [3.05, 3.63) is 0 Å². The Morgan fingerprint density at radius 1 is 0.933 bits per heavy atom. The molecule has 90 valence electrons. The number of piperidine rings is 1. The van der Waals surface area contributed by atoms with Gasteiger partial charge in [0.15, 0.2) is 0 Å². The van der Waals surface area contributed by atoms with Crippen LogP contribution in [-0.2, 0) is 0 Å². The molecule has 0 saturated carbocycles. The zero-order valence-corrected chi connectivity index (χ0v) is 10.8. The quantitative estimate of drug-likeness (QED) is 0.664. The van der Waals surface area contributed by atoms with Crippen molar-refractivity contribution in [2.45, 2.75) is 57.9 Å². The van der Waals surface area contributed by atoms with Crippen molar-refractivity contribution < 1.29 is 0 Å². The Hall–Kier alpha value is -0.0800. The first-order valence-corrected chi connectivity index (χ1v) is 6.75. The smallest absolute Gasteiger partial charge is 0.0230 e. The third kappa shape index (κ3) is 3.18. The maximum Gasteiger partial charge on any atom is 0.0230 e. The lowest BCUT2D eigenvalue weighted by atomic mass is 9.83. The number of rotatable bonds is 0. The van der Waals surface area contributed by atoms with Crippen LogP contribution in [0.4, 0.5) is 0 Å². The Labute approximate surface area is 95.4 Å². The molecule has 2 fully saturated rings. The average Bonchev–Trinajstić information content (AvgIpc) is 2.47. The third-order valence-corrected chi connectivity index (χ3v) is 3.98. The zero-order chi connectivity index (χ0) is 11.1. The summed E-state index contributed by atoms with van der Waals surface area (Å²) in [6.45, 7) is 7.77. The van der Waals surface area contributed by atoms with E-state index in [1.54, 1.807) is 0 Å². The minimum Gasteiger partial charge on any atom is -0.317 e. The predicted octanol–water partition coefficient (Wildman–Crippen LogP) is 2.64. The number of nitrogens with one attached hydrogen (secondary N) is 1. The third-order valence-electron chi connectivity index (χ3n) is 3.98. The van der Waals surface area contributed by atoms with Gasteiger partial charge < -0.3 is 10.2 Å². The van der Waals surface area contributed by atoms with Crippen LogP contribution < -0.4 is 5.32 Å². The van der Waals surface area contributed by atoms with Gasteiger partial charge in [-0.25, -0.2) is 0 Å². The lowest BCUT2D eigenvalue weighted by Crippen LogP contribution is -2.52. The highest BCUT2D eigenvalue weighted by molar-refractivity contribution is 4.94. The van der Waals surface area contributed by atoms with Gasteiger partial charge in [-0.15, -0.1) is 0 Å². The highest BCUT2D eigenvalue weighted by Crippen LogP contribution is 2.33. The van der Waals surface area contributed by atoms with Crippen LogP contribution >= 0.6 is 0 Å². The van der Waals surface area contributed by atoms with Crippen molar-refractivity contribution in [1.29, 1.82) is 0 Å². The molecule has 2 rings (SSSR count). The van der Waals surface area contributed by atoms with Gasteiger partial charge in [0.25, 0.3) is 0 Å². The maximum absolute atomic E-state index is 3.47. The Morgan fingerprint density at radius 3 is 2.27 bits per heavy atom. The van der Waals surface area contributed by atoms with Crippen LogP contribution in [0.1, 0.15) is 52.4 Å². The van der Waals surface area contributed by atoms with Crippen LogP contribution in [0.5, 0.6) is 0 Å². The minimum atomic E-state index is 0.571. The molecule has 0 radical (unpaired) electrons. The SMILES string of the molecule is CC.CN1CCCCCC12CCNCC2. The number of nitrogens with zero attached hydrogens (tertiary/aromatic N) is 1. The second-order valence-corrected chi connectivity index (χ2v) is 4.71. The summed E-state index contributed by atoms with van der Waals surface area (Å²) in [5, 5.41) is 3.47. The predicted molar refractivity (Wildman–Crippen MR) is 67.3 cm³/mol. The molecule has 0 aromatic heterocycles. The lowest BCUT2D eigenvalue weighted by molar-refractivity contribution is 0.0830. The van der Waals surface area contributed by atoms with Crippen molar-refractivity contribution in [1.82, 2.24) is 10.2 Å². The maximum atomic E-state index is 3.47. The second kappa shape index (κ2) is 6.49. The van der Waals surface area contributed by atoms with Gasteiger partial charge in [-0.1, -0.05) is 26.7 Å². The largest absolute Gasteiger partial charge is 0.317 e. The van der Waals surface area contributed by atoms with E-state index in [4.69, 9.17) is 0 Å². The van der Waals surface area contributed by atoms with E-state index < -0.39 is 0 Å². The fraction of sp³-hybridized carbons (Fsp3) is 1.00. The summed E-state index contributed by atoms with van der Waals surface area (Å²) in [6, 6.07) is 0. The fourth-order valence-corrected chi connectivity index (χ4v) is 2.93. The highest BCUT2D eigenvalue weighted by atomic mass is 15.2. The van der Waals surface area contributed by atoms with E-state index in [2.05, 4.69) is 17.3 Å². The molecular formula is C13H28N2. The number of hydrogen-bond acceptors (Lipinski definition) is 2. The zero-order valence-electron chi connectivity index (χ0n) is 10.8. The van der Waals surface area contributed by atoms with Crippen LogP contribution in [0.25, 0.3) is 0 Å². The van der Waals surface area contributed by atoms with Crippen molar-refractivity contribution in [2.75, 3.05) is 26.7 Å². The van der Waals surface area contributed by atoms with Crippen LogP contribution in [0, 0.1) is 0 Å². The molecule has 2 nitrogen and oxygen atoms in total. The summed E-state index contributed by atoms with van der Waals surface area (Å²) in [5.41, 5.74) is 0.571. The van der Waals surface area contributed by atoms with E-state index in [9.17, 15) is 0 Å². The Morgan fingerprint density at radius 2 is 1.60 bits per heavy atom. The summed E-state index contributed by atoms with van der Waals surface area (Å²) in [7, 11) is 2.33. The first-order chi connectivity index (χ1) is 7.33. The van der Waals surface area contributed by atoms with Gasteiger partial charge in [-0.2, -0.15) is 0 Å². The van der Waals surface area contributed by atoms with Gasteiger partial charge in [0.05, 0.1) is 0 Å². The molecule has 0 aliphatic carbocycles. The summed E-state index contributed by atoms with van der Waals surface area (Å²) in [6.07, 6.45) is 8.47. The molecule has 0 atom stereocenters. The fourth-order valence-electron chi connectivity index (χ4n) is 2.93. The topological polar surface area (TPSA) is 15.3 Å². The first kappa shape index (κ1) is 13.0. The monoisotopic (exact) mass is 212 g/mol. The van der Waals surface area contributed by atoms with Crippen LogP contribution in [0.3, 0.4) is 0 Å². The van der Waals surface area contributed by atoms with E-state index in [1.807, 2.05) is 13.8 Å². The van der Waals surface area contributed by atoms with Crippen molar-refractivity contribution >= 4 is 0 Å². The van der Waals surface area contributed by atoms with E-state index in [0.717, 1.165) is 0 Å². The molecule has 2 aliphatic heterocycles. The van der Waals surface area contributed by atoms with Crippen molar-refractivity contribution in [3.8, 4) is 0 Å². The molecule has 0 bridgehead atoms. The molecule has 0 aromatic carbocycles. The van der Waals surface area contributed by atoms with E-state index in [1.165, 1.54) is 58.2 Å². The van der Waals surface area contributed by atoms with Gasteiger partial charge in [0, 0.05) is 5.54 Å². The normalized spacial score (nSPS) is 26.6. The van der Waals surface area contributed by atoms with Crippen LogP contribution in [-0.4, -0.2) is 37.1 Å². The Balaban J connectivity index is 0.000000531. The number of hydrogen-bond donors (Lipinski definition) is 1. The molecule has 2 heterocycles. The summed E-state index contributed by atoms with van der Waals surface area (Å²) in [5.74, 6) is 0. The molecule has 2 heteroatoms. The standard InChI is InChI=1S/C11H22N2.C2H6/c1-13-10-4-2-3-5-11(13)6-8-12-9-7-11;1-2/h12H,2-10H2,1H3;1-2H3. The minimum absolute atomic E-state index is 0.571. The van der Waals surface area contributed by atoms with E-state index >= 15 is 0 Å². The molecule has 2 saturated heterocycles. The molecule has 1 N–H and O–H groups in total. The lowest BCUT2D eigenvalue weighted by Gasteiger charge is -2.44. The van der Waals surface area contributed by atoms with Gasteiger partial charge >= 0.3 is 0 Å². The molecule has 2 aliphatic rings. The molecule has 0 amide bonds. The highest BCUT2D eigenvalue weighted by Gasteiger charge is 2.36. The first-order valence-electron chi connectivity index (χ1n) is 6.75. The Bertz CT molecular complexity index is 162. The molecule has 0 aromatic rings. The molecule has 15 heavy (non-hydrogen) atoms. The second-order valence-electron chi connectivity index (χ2n) is 4.71. The van der Waals surface area contributed by atoms with Gasteiger partial charge in [-0.05, 0) is 52.4 Å². The molecule has 0 unspecified atom stereocenters. The van der Waals surface area contributed by atoms with Gasteiger partial charge in [0.1, 0.15) is 0 Å². The van der Waals surface area contributed by atoms with Gasteiger partial charge in [0.2, 0.25) is 0 Å². The summed E-state index contributed by atoms with van der Waals surface area (Å²) >= 11 is 0. The Kier molecular flexibility index (Phi) is 5.62. The van der Waals surface area contributed by atoms with Crippen LogP contribution in [0.2, 0.25) is 0 Å². The van der Waals surface area contributed by atoms with Crippen molar-refractivity contribution in [3.63, 3.8) is 0 Å². The van der Waals surface area contributed by atoms with E-state index in [-0.39, 0.29) is 0 Å². The summed E-state index contributed by atoms with van der Waals surface area (Å²) in [4.78, 5) is 2.64. The molecular weight excluding hydrogens is 184 g/mol.